The molecule has 1 rings (SSSR count). The molecule has 7 heteroatoms. The predicted molar refractivity (Wildman–Crippen MR) is 62.0 cm³/mol. The molecule has 19 heavy (non-hydrogen) atoms. The highest BCUT2D eigenvalue weighted by Crippen LogP contribution is 2.34. The van der Waals surface area contributed by atoms with E-state index in [2.05, 4.69) is 9.47 Å². The van der Waals surface area contributed by atoms with E-state index in [4.69, 9.17) is 0 Å². The van der Waals surface area contributed by atoms with Crippen LogP contribution in [0.2, 0.25) is 0 Å². The summed E-state index contributed by atoms with van der Waals surface area (Å²) in [6, 6.07) is 0. The average molecular weight is 275 g/mol. The maximum Gasteiger partial charge on any atom is 0.382 e. The van der Waals surface area contributed by atoms with Crippen LogP contribution < -0.4 is 0 Å². The summed E-state index contributed by atoms with van der Waals surface area (Å²) < 4.78 is 37.9. The highest BCUT2D eigenvalue weighted by molar-refractivity contribution is 5.91. The molecule has 0 aliphatic heterocycles. The first kappa shape index (κ1) is 15.1. The van der Waals surface area contributed by atoms with Gasteiger partial charge in [0.25, 0.3) is 0 Å². The van der Waals surface area contributed by atoms with Gasteiger partial charge in [0.05, 0.1) is 19.3 Å². The van der Waals surface area contributed by atoms with Crippen molar-refractivity contribution in [1.29, 1.82) is 0 Å². The van der Waals surface area contributed by atoms with Gasteiger partial charge in [-0.1, -0.05) is 0 Å². The maximum atomic E-state index is 13.9. The van der Waals surface area contributed by atoms with Crippen molar-refractivity contribution in [3.63, 3.8) is 0 Å². The average Bonchev–Trinajstić information content (AvgIpc) is 2.65. The molecule has 1 heterocycles. The van der Waals surface area contributed by atoms with Gasteiger partial charge in [0, 0.05) is 13.2 Å². The van der Waals surface area contributed by atoms with E-state index >= 15 is 0 Å². The Morgan fingerprint density at radius 2 is 2.00 bits per heavy atom. The SMILES string of the molecule is CCOC(=O)C(F)(F)c1cn(C)c(C(=O)OC)c1C. The fraction of sp³-hybridized carbons (Fsp3) is 0.500. The number of ether oxygens (including phenoxy) is 2. The van der Waals surface area contributed by atoms with Crippen LogP contribution in [0.1, 0.15) is 28.5 Å². The molecular weight excluding hydrogens is 260 g/mol. The first-order valence-electron chi connectivity index (χ1n) is 5.57. The van der Waals surface area contributed by atoms with Crippen LogP contribution in [0.4, 0.5) is 8.78 Å². The van der Waals surface area contributed by atoms with Crippen LogP contribution in [0, 0.1) is 6.92 Å². The molecule has 0 saturated heterocycles. The van der Waals surface area contributed by atoms with Crippen molar-refractivity contribution in [2.75, 3.05) is 13.7 Å². The predicted octanol–water partition coefficient (Wildman–Crippen LogP) is 1.78. The Bertz CT molecular complexity index is 508. The van der Waals surface area contributed by atoms with Crippen LogP contribution in [-0.4, -0.2) is 30.2 Å². The monoisotopic (exact) mass is 275 g/mol. The number of methoxy groups -OCH3 is 1. The minimum atomic E-state index is -3.80. The molecule has 5 nitrogen and oxygen atoms in total. The van der Waals surface area contributed by atoms with E-state index in [0.29, 0.717) is 0 Å². The van der Waals surface area contributed by atoms with E-state index < -0.39 is 23.4 Å². The van der Waals surface area contributed by atoms with E-state index in [1.165, 1.54) is 25.5 Å². The van der Waals surface area contributed by atoms with Crippen LogP contribution in [0.5, 0.6) is 0 Å². The summed E-state index contributed by atoms with van der Waals surface area (Å²) in [5.74, 6) is -6.18. The molecule has 0 radical (unpaired) electrons. The van der Waals surface area contributed by atoms with Crippen molar-refractivity contribution in [3.05, 3.63) is 23.0 Å². The molecule has 106 valence electrons. The number of hydrogen-bond acceptors (Lipinski definition) is 4. The quantitative estimate of drug-likeness (QED) is 0.786. The number of esters is 2. The number of alkyl halides is 2. The Hall–Kier alpha value is -1.92. The summed E-state index contributed by atoms with van der Waals surface area (Å²) in [6.45, 7) is 2.62. The lowest BCUT2D eigenvalue weighted by Gasteiger charge is -2.14. The van der Waals surface area contributed by atoms with Gasteiger partial charge in [-0.2, -0.15) is 8.78 Å². The lowest BCUT2D eigenvalue weighted by atomic mass is 10.1. The van der Waals surface area contributed by atoms with Crippen molar-refractivity contribution in [3.8, 4) is 0 Å². The Kier molecular flexibility index (Phi) is 4.28. The largest absolute Gasteiger partial charge is 0.464 e. The van der Waals surface area contributed by atoms with Crippen molar-refractivity contribution < 1.29 is 27.8 Å². The first-order chi connectivity index (χ1) is 8.77. The Morgan fingerprint density at radius 1 is 1.42 bits per heavy atom. The van der Waals surface area contributed by atoms with Crippen LogP contribution in [0.25, 0.3) is 0 Å². The number of hydrogen-bond donors (Lipinski definition) is 0. The molecule has 0 aliphatic carbocycles. The molecule has 0 fully saturated rings. The van der Waals surface area contributed by atoms with E-state index in [-0.39, 0.29) is 17.9 Å². The molecule has 0 spiro atoms. The van der Waals surface area contributed by atoms with Crippen LogP contribution in [0.3, 0.4) is 0 Å². The second-order valence-electron chi connectivity index (χ2n) is 3.91. The zero-order valence-corrected chi connectivity index (χ0v) is 11.1. The lowest BCUT2D eigenvalue weighted by molar-refractivity contribution is -0.173. The maximum absolute atomic E-state index is 13.9. The van der Waals surface area contributed by atoms with Crippen LogP contribution in [-0.2, 0) is 27.2 Å². The normalized spacial score (nSPS) is 11.3. The van der Waals surface area contributed by atoms with Gasteiger partial charge in [-0.05, 0) is 19.4 Å². The molecule has 0 aromatic carbocycles. The summed E-state index contributed by atoms with van der Waals surface area (Å²) in [7, 11) is 2.57. The van der Waals surface area contributed by atoms with E-state index in [1.54, 1.807) is 0 Å². The first-order valence-corrected chi connectivity index (χ1v) is 5.57. The molecule has 0 unspecified atom stereocenters. The topological polar surface area (TPSA) is 57.5 Å². The molecule has 0 N–H and O–H groups in total. The number of aromatic nitrogens is 1. The van der Waals surface area contributed by atoms with Gasteiger partial charge in [0.15, 0.2) is 0 Å². The summed E-state index contributed by atoms with van der Waals surface area (Å²) in [4.78, 5) is 22.8. The summed E-state index contributed by atoms with van der Waals surface area (Å²) >= 11 is 0. The van der Waals surface area contributed by atoms with Gasteiger partial charge in [0.2, 0.25) is 0 Å². The van der Waals surface area contributed by atoms with Gasteiger partial charge in [-0.25, -0.2) is 9.59 Å². The molecule has 0 saturated carbocycles. The standard InChI is InChI=1S/C12H15F2NO4/c1-5-19-11(17)12(13,14)8-6-15(3)9(7(8)2)10(16)18-4/h6H,5H2,1-4H3. The number of aryl methyl sites for hydroxylation is 1. The smallest absolute Gasteiger partial charge is 0.382 e. The fourth-order valence-electron chi connectivity index (χ4n) is 1.79. The van der Waals surface area contributed by atoms with E-state index in [1.807, 2.05) is 0 Å². The van der Waals surface area contributed by atoms with Crippen molar-refractivity contribution in [1.82, 2.24) is 4.57 Å². The molecule has 0 aliphatic rings. The van der Waals surface area contributed by atoms with Gasteiger partial charge in [-0.15, -0.1) is 0 Å². The summed E-state index contributed by atoms with van der Waals surface area (Å²) in [5.41, 5.74) is -0.595. The third-order valence-corrected chi connectivity index (χ3v) is 2.68. The van der Waals surface area contributed by atoms with Gasteiger partial charge in [0.1, 0.15) is 5.69 Å². The third kappa shape index (κ3) is 2.59. The van der Waals surface area contributed by atoms with Crippen molar-refractivity contribution >= 4 is 11.9 Å². The second-order valence-corrected chi connectivity index (χ2v) is 3.91. The zero-order valence-electron chi connectivity index (χ0n) is 11.1. The molecule has 0 atom stereocenters. The van der Waals surface area contributed by atoms with Gasteiger partial charge in [-0.3, -0.25) is 0 Å². The van der Waals surface area contributed by atoms with Gasteiger partial charge < -0.3 is 14.0 Å². The number of halogens is 2. The minimum absolute atomic E-state index is 0.00703. The third-order valence-electron chi connectivity index (χ3n) is 2.68. The van der Waals surface area contributed by atoms with Crippen molar-refractivity contribution in [2.24, 2.45) is 7.05 Å². The molecular formula is C12H15F2NO4. The van der Waals surface area contributed by atoms with E-state index in [9.17, 15) is 18.4 Å². The second kappa shape index (κ2) is 5.38. The Morgan fingerprint density at radius 3 is 2.47 bits per heavy atom. The van der Waals surface area contributed by atoms with Gasteiger partial charge >= 0.3 is 17.9 Å². The Balaban J connectivity index is 3.29. The molecule has 0 bridgehead atoms. The number of rotatable bonds is 4. The van der Waals surface area contributed by atoms with Crippen LogP contribution >= 0.6 is 0 Å². The number of carbonyl (C=O) groups is 2. The summed E-state index contributed by atoms with van der Waals surface area (Å²) in [6.07, 6.45) is 1.03. The van der Waals surface area contributed by atoms with Crippen LogP contribution in [0.15, 0.2) is 6.20 Å². The summed E-state index contributed by atoms with van der Waals surface area (Å²) in [5, 5.41) is 0. The lowest BCUT2D eigenvalue weighted by Crippen LogP contribution is -2.28. The van der Waals surface area contributed by atoms with E-state index in [0.717, 1.165) is 13.3 Å². The molecule has 1 aromatic rings. The highest BCUT2D eigenvalue weighted by atomic mass is 19.3. The highest BCUT2D eigenvalue weighted by Gasteiger charge is 2.45. The molecule has 1 aromatic heterocycles. The van der Waals surface area contributed by atoms with Crippen molar-refractivity contribution in [2.45, 2.75) is 19.8 Å². The molecule has 0 amide bonds. The fourth-order valence-corrected chi connectivity index (χ4v) is 1.79. The Labute approximate surface area is 109 Å². The number of carbonyl (C=O) groups excluding carboxylic acids is 2. The minimum Gasteiger partial charge on any atom is -0.464 e. The zero-order chi connectivity index (χ0) is 14.8. The number of nitrogens with zero attached hydrogens (tertiary/aromatic N) is 1.